The number of amides is 1. The Labute approximate surface area is 162 Å². The van der Waals surface area contributed by atoms with Crippen molar-refractivity contribution in [3.05, 3.63) is 59.7 Å². The fraction of sp³-hybridized carbons (Fsp3) is 0.238. The van der Waals surface area contributed by atoms with Gasteiger partial charge in [0.05, 0.1) is 19.1 Å². The van der Waals surface area contributed by atoms with E-state index in [2.05, 4.69) is 5.32 Å². The summed E-state index contributed by atoms with van der Waals surface area (Å²) >= 11 is 0. The SMILES string of the molecule is COc1ccccc1C(=O)COC(=O)CCC(=O)Nc1ccc(C(C)=O)cc1. The molecule has 0 spiro atoms. The summed E-state index contributed by atoms with van der Waals surface area (Å²) in [6.45, 7) is 1.03. The minimum absolute atomic E-state index is 0.0664. The van der Waals surface area contributed by atoms with Crippen LogP contribution in [0.4, 0.5) is 5.69 Å². The van der Waals surface area contributed by atoms with Crippen molar-refractivity contribution in [1.82, 2.24) is 0 Å². The third-order valence-electron chi connectivity index (χ3n) is 3.90. The highest BCUT2D eigenvalue weighted by Gasteiger charge is 2.15. The first-order valence-electron chi connectivity index (χ1n) is 8.63. The van der Waals surface area contributed by atoms with E-state index in [1.165, 1.54) is 14.0 Å². The minimum Gasteiger partial charge on any atom is -0.496 e. The lowest BCUT2D eigenvalue weighted by Crippen LogP contribution is -2.17. The summed E-state index contributed by atoms with van der Waals surface area (Å²) in [5.74, 6) is -1.07. The van der Waals surface area contributed by atoms with E-state index < -0.39 is 12.6 Å². The van der Waals surface area contributed by atoms with Gasteiger partial charge in [0.15, 0.2) is 12.4 Å². The highest BCUT2D eigenvalue weighted by Crippen LogP contribution is 2.18. The second-order valence-electron chi connectivity index (χ2n) is 5.97. The average Bonchev–Trinajstić information content (AvgIpc) is 2.70. The molecule has 1 N–H and O–H groups in total. The molecule has 28 heavy (non-hydrogen) atoms. The highest BCUT2D eigenvalue weighted by atomic mass is 16.5. The molecule has 0 radical (unpaired) electrons. The summed E-state index contributed by atoms with van der Waals surface area (Å²) in [6, 6.07) is 13.1. The number of carbonyl (C=O) groups is 4. The Kier molecular flexibility index (Phi) is 7.45. The number of hydrogen-bond donors (Lipinski definition) is 1. The molecule has 7 heteroatoms. The van der Waals surface area contributed by atoms with Crippen molar-refractivity contribution in [3.63, 3.8) is 0 Å². The van der Waals surface area contributed by atoms with Crippen LogP contribution in [0.1, 0.15) is 40.5 Å². The second kappa shape index (κ2) is 10.0. The van der Waals surface area contributed by atoms with Crippen LogP contribution in [0.3, 0.4) is 0 Å². The van der Waals surface area contributed by atoms with Gasteiger partial charge in [-0.2, -0.15) is 0 Å². The zero-order valence-electron chi connectivity index (χ0n) is 15.7. The second-order valence-corrected chi connectivity index (χ2v) is 5.97. The molecule has 0 atom stereocenters. The van der Waals surface area contributed by atoms with Gasteiger partial charge in [0.1, 0.15) is 5.75 Å². The summed E-state index contributed by atoms with van der Waals surface area (Å²) in [6.07, 6.45) is -0.243. The molecule has 1 amide bonds. The topological polar surface area (TPSA) is 98.8 Å². The number of benzene rings is 2. The van der Waals surface area contributed by atoms with Gasteiger partial charge in [0.2, 0.25) is 11.7 Å². The van der Waals surface area contributed by atoms with Gasteiger partial charge in [0, 0.05) is 17.7 Å². The molecule has 0 heterocycles. The lowest BCUT2D eigenvalue weighted by atomic mass is 10.1. The molecule has 2 aromatic rings. The Morgan fingerprint density at radius 1 is 0.929 bits per heavy atom. The number of nitrogens with one attached hydrogen (secondary N) is 1. The molecule has 0 saturated carbocycles. The molecule has 2 rings (SSSR count). The van der Waals surface area contributed by atoms with Crippen LogP contribution < -0.4 is 10.1 Å². The van der Waals surface area contributed by atoms with Gasteiger partial charge in [-0.3, -0.25) is 19.2 Å². The molecular weight excluding hydrogens is 362 g/mol. The van der Waals surface area contributed by atoms with E-state index in [1.807, 2.05) is 0 Å². The van der Waals surface area contributed by atoms with Gasteiger partial charge in [0.25, 0.3) is 0 Å². The number of ketones is 2. The van der Waals surface area contributed by atoms with Crippen molar-refractivity contribution in [2.45, 2.75) is 19.8 Å². The number of para-hydroxylation sites is 1. The van der Waals surface area contributed by atoms with Crippen molar-refractivity contribution in [3.8, 4) is 5.75 Å². The van der Waals surface area contributed by atoms with Crippen molar-refractivity contribution < 1.29 is 28.7 Å². The Balaban J connectivity index is 1.76. The number of hydrogen-bond acceptors (Lipinski definition) is 6. The molecule has 2 aromatic carbocycles. The molecule has 0 aliphatic carbocycles. The largest absolute Gasteiger partial charge is 0.496 e. The monoisotopic (exact) mass is 383 g/mol. The summed E-state index contributed by atoms with van der Waals surface area (Å²) < 4.78 is 10.0. The standard InChI is InChI=1S/C21H21NO6/c1-14(23)15-7-9-16(10-8-15)22-20(25)11-12-21(26)28-13-18(24)17-5-3-4-6-19(17)27-2/h3-10H,11-13H2,1-2H3,(H,22,25). The van der Waals surface area contributed by atoms with E-state index in [4.69, 9.17) is 9.47 Å². The fourth-order valence-corrected chi connectivity index (χ4v) is 2.40. The number of Topliss-reactive ketones (excluding diaryl/α,β-unsaturated/α-hetero) is 2. The smallest absolute Gasteiger partial charge is 0.306 e. The van der Waals surface area contributed by atoms with E-state index >= 15 is 0 Å². The Morgan fingerprint density at radius 2 is 1.61 bits per heavy atom. The van der Waals surface area contributed by atoms with Gasteiger partial charge in [-0.1, -0.05) is 12.1 Å². The van der Waals surface area contributed by atoms with Crippen LogP contribution in [0.15, 0.2) is 48.5 Å². The predicted octanol–water partition coefficient (Wildman–Crippen LogP) is 3.04. The van der Waals surface area contributed by atoms with Crippen LogP contribution in [0.5, 0.6) is 5.75 Å². The van der Waals surface area contributed by atoms with Crippen LogP contribution in [-0.2, 0) is 14.3 Å². The maximum atomic E-state index is 12.1. The molecule has 0 bridgehead atoms. The van der Waals surface area contributed by atoms with Gasteiger partial charge in [-0.25, -0.2) is 0 Å². The summed E-state index contributed by atoms with van der Waals surface area (Å²) in [7, 11) is 1.45. The molecule has 0 unspecified atom stereocenters. The van der Waals surface area contributed by atoms with Crippen LogP contribution in [0.2, 0.25) is 0 Å². The van der Waals surface area contributed by atoms with E-state index in [0.717, 1.165) is 0 Å². The Bertz CT molecular complexity index is 873. The normalized spacial score (nSPS) is 10.1. The summed E-state index contributed by atoms with van der Waals surface area (Å²) in [4.78, 5) is 47.0. The molecule has 0 aliphatic rings. The van der Waals surface area contributed by atoms with Crippen LogP contribution in [0.25, 0.3) is 0 Å². The average molecular weight is 383 g/mol. The molecule has 146 valence electrons. The molecular formula is C21H21NO6. The minimum atomic E-state index is -0.648. The van der Waals surface area contributed by atoms with Crippen LogP contribution in [-0.4, -0.2) is 37.2 Å². The number of esters is 1. The first kappa shape index (κ1) is 20.8. The van der Waals surface area contributed by atoms with Gasteiger partial charge in [-0.05, 0) is 43.3 Å². The van der Waals surface area contributed by atoms with Crippen LogP contribution in [0, 0.1) is 0 Å². The Hall–Kier alpha value is -3.48. The number of anilines is 1. The molecule has 0 saturated heterocycles. The number of rotatable bonds is 9. The fourth-order valence-electron chi connectivity index (χ4n) is 2.40. The third kappa shape index (κ3) is 6.05. The van der Waals surface area contributed by atoms with Gasteiger partial charge in [-0.15, -0.1) is 0 Å². The zero-order valence-corrected chi connectivity index (χ0v) is 15.7. The van der Waals surface area contributed by atoms with Crippen molar-refractivity contribution in [2.24, 2.45) is 0 Å². The van der Waals surface area contributed by atoms with E-state index in [-0.39, 0.29) is 30.3 Å². The summed E-state index contributed by atoms with van der Waals surface area (Å²) in [5.41, 5.74) is 1.39. The zero-order chi connectivity index (χ0) is 20.5. The predicted molar refractivity (Wildman–Crippen MR) is 103 cm³/mol. The van der Waals surface area contributed by atoms with Crippen molar-refractivity contribution in [1.29, 1.82) is 0 Å². The molecule has 7 nitrogen and oxygen atoms in total. The highest BCUT2D eigenvalue weighted by molar-refractivity contribution is 6.00. The molecule has 0 aliphatic heterocycles. The number of methoxy groups -OCH3 is 1. The number of ether oxygens (including phenoxy) is 2. The Morgan fingerprint density at radius 3 is 2.25 bits per heavy atom. The number of carbonyl (C=O) groups excluding carboxylic acids is 4. The lowest BCUT2D eigenvalue weighted by Gasteiger charge is -2.08. The van der Waals surface area contributed by atoms with E-state index in [9.17, 15) is 19.2 Å². The molecule has 0 aromatic heterocycles. The van der Waals surface area contributed by atoms with Crippen molar-refractivity contribution >= 4 is 29.1 Å². The van der Waals surface area contributed by atoms with E-state index in [0.29, 0.717) is 22.6 Å². The first-order valence-corrected chi connectivity index (χ1v) is 8.63. The van der Waals surface area contributed by atoms with Crippen molar-refractivity contribution in [2.75, 3.05) is 19.0 Å². The summed E-state index contributed by atoms with van der Waals surface area (Å²) in [5, 5.41) is 2.63. The van der Waals surface area contributed by atoms with E-state index in [1.54, 1.807) is 48.5 Å². The first-order chi connectivity index (χ1) is 13.4. The molecule has 0 fully saturated rings. The van der Waals surface area contributed by atoms with Crippen LogP contribution >= 0.6 is 0 Å². The maximum Gasteiger partial charge on any atom is 0.306 e. The quantitative estimate of drug-likeness (QED) is 0.528. The third-order valence-corrected chi connectivity index (χ3v) is 3.90. The van der Waals surface area contributed by atoms with Gasteiger partial charge < -0.3 is 14.8 Å². The van der Waals surface area contributed by atoms with Gasteiger partial charge >= 0.3 is 5.97 Å². The lowest BCUT2D eigenvalue weighted by molar-refractivity contribution is -0.143. The maximum absolute atomic E-state index is 12.1.